The summed E-state index contributed by atoms with van der Waals surface area (Å²) in [7, 11) is 0. The molecule has 2 N–H and O–H groups in total. The monoisotopic (exact) mass is 307 g/mol. The second kappa shape index (κ2) is 8.82. The third kappa shape index (κ3) is 4.73. The van der Waals surface area contributed by atoms with E-state index in [0.717, 1.165) is 25.1 Å². The van der Waals surface area contributed by atoms with Crippen molar-refractivity contribution >= 4 is 11.8 Å². The standard InChI is InChI=1S/C18H29NOS/c1-2-12-19-18(15-20)11-6-9-17(18)10-13-21-14-16-7-4-3-5-8-16/h3-5,7-8,17,19-20H,2,6,9-15H2,1H3. The van der Waals surface area contributed by atoms with Crippen LogP contribution >= 0.6 is 11.8 Å². The van der Waals surface area contributed by atoms with Crippen LogP contribution in [0.1, 0.15) is 44.6 Å². The van der Waals surface area contributed by atoms with Gasteiger partial charge in [0.25, 0.3) is 0 Å². The Morgan fingerprint density at radius 2 is 2.14 bits per heavy atom. The fourth-order valence-electron chi connectivity index (χ4n) is 3.43. The molecule has 0 aromatic heterocycles. The smallest absolute Gasteiger partial charge is 0.0616 e. The number of aliphatic hydroxyl groups excluding tert-OH is 1. The van der Waals surface area contributed by atoms with Crippen LogP contribution < -0.4 is 5.32 Å². The van der Waals surface area contributed by atoms with E-state index in [1.165, 1.54) is 30.6 Å². The van der Waals surface area contributed by atoms with Gasteiger partial charge in [-0.25, -0.2) is 0 Å². The summed E-state index contributed by atoms with van der Waals surface area (Å²) in [5.74, 6) is 2.93. The van der Waals surface area contributed by atoms with Gasteiger partial charge in [0.2, 0.25) is 0 Å². The first-order valence-corrected chi connectivity index (χ1v) is 9.44. The maximum Gasteiger partial charge on any atom is 0.0616 e. The van der Waals surface area contributed by atoms with Crippen molar-refractivity contribution in [1.29, 1.82) is 0 Å². The zero-order valence-electron chi connectivity index (χ0n) is 13.2. The van der Waals surface area contributed by atoms with Crippen LogP contribution in [-0.4, -0.2) is 29.5 Å². The number of benzene rings is 1. The van der Waals surface area contributed by atoms with Gasteiger partial charge in [-0.1, -0.05) is 43.7 Å². The lowest BCUT2D eigenvalue weighted by Gasteiger charge is -2.35. The Kier molecular flexibility index (Phi) is 7.08. The van der Waals surface area contributed by atoms with Gasteiger partial charge in [-0.2, -0.15) is 11.8 Å². The average molecular weight is 308 g/mol. The molecule has 1 aliphatic rings. The molecule has 2 unspecified atom stereocenters. The predicted molar refractivity (Wildman–Crippen MR) is 92.7 cm³/mol. The molecule has 1 fully saturated rings. The molecule has 118 valence electrons. The molecule has 2 nitrogen and oxygen atoms in total. The second-order valence-corrected chi connectivity index (χ2v) is 7.26. The highest BCUT2D eigenvalue weighted by Gasteiger charge is 2.41. The van der Waals surface area contributed by atoms with Gasteiger partial charge in [-0.3, -0.25) is 0 Å². The lowest BCUT2D eigenvalue weighted by Crippen LogP contribution is -2.51. The van der Waals surface area contributed by atoms with Gasteiger partial charge in [-0.15, -0.1) is 0 Å². The molecule has 0 aliphatic heterocycles. The van der Waals surface area contributed by atoms with Crippen molar-refractivity contribution in [2.45, 2.75) is 50.3 Å². The number of aliphatic hydroxyl groups is 1. The Bertz CT molecular complexity index is 397. The van der Waals surface area contributed by atoms with Crippen LogP contribution in [0.2, 0.25) is 0 Å². The number of hydrogen-bond donors (Lipinski definition) is 2. The summed E-state index contributed by atoms with van der Waals surface area (Å²) < 4.78 is 0. The first-order valence-electron chi connectivity index (χ1n) is 8.28. The van der Waals surface area contributed by atoms with E-state index in [1.54, 1.807) is 0 Å². The summed E-state index contributed by atoms with van der Waals surface area (Å²) in [5.41, 5.74) is 1.41. The molecule has 0 saturated heterocycles. The SMILES string of the molecule is CCCNC1(CO)CCCC1CCSCc1ccccc1. The summed E-state index contributed by atoms with van der Waals surface area (Å²) in [4.78, 5) is 0. The highest BCUT2D eigenvalue weighted by molar-refractivity contribution is 7.98. The minimum atomic E-state index is 0.00329. The molecule has 1 aliphatic carbocycles. The Morgan fingerprint density at radius 1 is 1.33 bits per heavy atom. The Labute approximate surface area is 133 Å². The topological polar surface area (TPSA) is 32.3 Å². The molecule has 1 aromatic carbocycles. The number of thioether (sulfide) groups is 1. The Hall–Kier alpha value is -0.510. The van der Waals surface area contributed by atoms with E-state index in [2.05, 4.69) is 42.6 Å². The van der Waals surface area contributed by atoms with E-state index < -0.39 is 0 Å². The summed E-state index contributed by atoms with van der Waals surface area (Å²) in [5, 5.41) is 13.5. The third-order valence-electron chi connectivity index (χ3n) is 4.69. The van der Waals surface area contributed by atoms with Gasteiger partial charge in [-0.05, 0) is 49.5 Å². The average Bonchev–Trinajstić information content (AvgIpc) is 2.94. The van der Waals surface area contributed by atoms with E-state index in [1.807, 2.05) is 11.8 Å². The zero-order valence-corrected chi connectivity index (χ0v) is 14.0. The second-order valence-electron chi connectivity index (χ2n) is 6.16. The van der Waals surface area contributed by atoms with Crippen molar-refractivity contribution in [2.75, 3.05) is 18.9 Å². The summed E-state index contributed by atoms with van der Waals surface area (Å²) in [6, 6.07) is 10.7. The predicted octanol–water partition coefficient (Wildman–Crippen LogP) is 3.84. The Balaban J connectivity index is 1.76. The number of rotatable bonds is 9. The van der Waals surface area contributed by atoms with Crippen LogP contribution in [0.3, 0.4) is 0 Å². The lowest BCUT2D eigenvalue weighted by molar-refractivity contribution is 0.122. The first kappa shape index (κ1) is 16.9. The van der Waals surface area contributed by atoms with Crippen molar-refractivity contribution < 1.29 is 5.11 Å². The van der Waals surface area contributed by atoms with Gasteiger partial charge >= 0.3 is 0 Å². The molecule has 0 amide bonds. The maximum absolute atomic E-state index is 9.88. The van der Waals surface area contributed by atoms with Crippen molar-refractivity contribution in [2.24, 2.45) is 5.92 Å². The van der Waals surface area contributed by atoms with Crippen LogP contribution in [0.25, 0.3) is 0 Å². The number of hydrogen-bond acceptors (Lipinski definition) is 3. The van der Waals surface area contributed by atoms with Gasteiger partial charge in [0.1, 0.15) is 0 Å². The number of nitrogens with one attached hydrogen (secondary N) is 1. The summed E-state index contributed by atoms with van der Waals surface area (Å²) in [6.07, 6.45) is 6.01. The van der Waals surface area contributed by atoms with Crippen molar-refractivity contribution in [3.05, 3.63) is 35.9 Å². The summed E-state index contributed by atoms with van der Waals surface area (Å²) in [6.45, 7) is 3.51. The highest BCUT2D eigenvalue weighted by atomic mass is 32.2. The van der Waals surface area contributed by atoms with E-state index in [9.17, 15) is 5.11 Å². The van der Waals surface area contributed by atoms with Crippen LogP contribution in [-0.2, 0) is 5.75 Å². The van der Waals surface area contributed by atoms with Crippen LogP contribution in [0.15, 0.2) is 30.3 Å². The molecule has 3 heteroatoms. The molecule has 0 heterocycles. The van der Waals surface area contributed by atoms with Crippen LogP contribution in [0.5, 0.6) is 0 Å². The zero-order chi connectivity index (χ0) is 15.0. The fraction of sp³-hybridized carbons (Fsp3) is 0.667. The molecule has 0 bridgehead atoms. The van der Waals surface area contributed by atoms with E-state index in [-0.39, 0.29) is 5.54 Å². The van der Waals surface area contributed by atoms with Crippen molar-refractivity contribution in [1.82, 2.24) is 5.32 Å². The van der Waals surface area contributed by atoms with Gasteiger partial charge < -0.3 is 10.4 Å². The molecule has 0 radical (unpaired) electrons. The lowest BCUT2D eigenvalue weighted by atomic mass is 9.85. The fourth-order valence-corrected chi connectivity index (χ4v) is 4.45. The molecule has 1 aromatic rings. The first-order chi connectivity index (χ1) is 10.3. The normalized spacial score (nSPS) is 25.3. The molecular formula is C18H29NOS. The molecule has 2 atom stereocenters. The molecule has 2 rings (SSSR count). The minimum absolute atomic E-state index is 0.00329. The van der Waals surface area contributed by atoms with Crippen molar-refractivity contribution in [3.63, 3.8) is 0 Å². The van der Waals surface area contributed by atoms with E-state index in [0.29, 0.717) is 12.5 Å². The molecule has 1 saturated carbocycles. The molecule has 21 heavy (non-hydrogen) atoms. The third-order valence-corrected chi connectivity index (χ3v) is 5.75. The minimum Gasteiger partial charge on any atom is -0.394 e. The van der Waals surface area contributed by atoms with Gasteiger partial charge in [0.05, 0.1) is 6.61 Å². The molecular weight excluding hydrogens is 278 g/mol. The van der Waals surface area contributed by atoms with E-state index >= 15 is 0 Å². The van der Waals surface area contributed by atoms with Crippen LogP contribution in [0, 0.1) is 5.92 Å². The van der Waals surface area contributed by atoms with Crippen LogP contribution in [0.4, 0.5) is 0 Å². The Morgan fingerprint density at radius 3 is 2.86 bits per heavy atom. The highest BCUT2D eigenvalue weighted by Crippen LogP contribution is 2.38. The quantitative estimate of drug-likeness (QED) is 0.680. The van der Waals surface area contributed by atoms with E-state index in [4.69, 9.17) is 0 Å². The largest absolute Gasteiger partial charge is 0.394 e. The van der Waals surface area contributed by atoms with Crippen molar-refractivity contribution in [3.8, 4) is 0 Å². The van der Waals surface area contributed by atoms with Gasteiger partial charge in [0.15, 0.2) is 0 Å². The maximum atomic E-state index is 9.88. The summed E-state index contributed by atoms with van der Waals surface area (Å²) >= 11 is 2.02. The molecule has 0 spiro atoms. The van der Waals surface area contributed by atoms with Gasteiger partial charge in [0, 0.05) is 11.3 Å².